The van der Waals surface area contributed by atoms with Gasteiger partial charge < -0.3 is 14.6 Å². The van der Waals surface area contributed by atoms with Crippen LogP contribution in [0.1, 0.15) is 37.7 Å². The van der Waals surface area contributed by atoms with Gasteiger partial charge in [0.15, 0.2) is 11.5 Å². The highest BCUT2D eigenvalue weighted by atomic mass is 16.5. The molecule has 0 saturated heterocycles. The van der Waals surface area contributed by atoms with Crippen LogP contribution in [0.4, 0.5) is 0 Å². The fourth-order valence-corrected chi connectivity index (χ4v) is 2.26. The molecule has 3 nitrogen and oxygen atoms in total. The summed E-state index contributed by atoms with van der Waals surface area (Å²) in [5.41, 5.74) is 1.05. The fraction of sp³-hybridized carbons (Fsp3) is 0.571. The molecule has 1 aromatic carbocycles. The molecule has 1 aliphatic carbocycles. The zero-order chi connectivity index (χ0) is 12.1. The van der Waals surface area contributed by atoms with Crippen molar-refractivity contribution in [3.05, 3.63) is 23.8 Å². The fourth-order valence-electron chi connectivity index (χ4n) is 2.26. The van der Waals surface area contributed by atoms with Gasteiger partial charge in [-0.25, -0.2) is 0 Å². The van der Waals surface area contributed by atoms with Crippen LogP contribution in [0, 0.1) is 0 Å². The highest BCUT2D eigenvalue weighted by Crippen LogP contribution is 2.27. The zero-order valence-electron chi connectivity index (χ0n) is 10.3. The Morgan fingerprint density at radius 1 is 1.24 bits per heavy atom. The number of benzene rings is 1. The number of hydrogen-bond acceptors (Lipinski definition) is 3. The second-order valence-electron chi connectivity index (χ2n) is 4.58. The number of phenols is 1. The minimum Gasteiger partial charge on any atom is -0.504 e. The second kappa shape index (κ2) is 5.92. The van der Waals surface area contributed by atoms with Crippen molar-refractivity contribution in [3.8, 4) is 11.5 Å². The lowest BCUT2D eigenvalue weighted by Crippen LogP contribution is -2.16. The van der Waals surface area contributed by atoms with E-state index >= 15 is 0 Å². The molecule has 17 heavy (non-hydrogen) atoms. The van der Waals surface area contributed by atoms with E-state index in [0.717, 1.165) is 5.56 Å². The molecular weight excluding hydrogens is 216 g/mol. The Bertz CT molecular complexity index is 356. The maximum absolute atomic E-state index is 9.49. The molecule has 1 fully saturated rings. The molecule has 0 atom stereocenters. The average Bonchev–Trinajstić information content (AvgIpc) is 2.39. The van der Waals surface area contributed by atoms with Crippen LogP contribution in [-0.4, -0.2) is 18.3 Å². The molecule has 1 saturated carbocycles. The first-order valence-electron chi connectivity index (χ1n) is 6.27. The van der Waals surface area contributed by atoms with Crippen LogP contribution < -0.4 is 4.74 Å². The molecule has 1 aromatic rings. The van der Waals surface area contributed by atoms with E-state index in [1.54, 1.807) is 13.2 Å². The van der Waals surface area contributed by atoms with Gasteiger partial charge in [-0.15, -0.1) is 0 Å². The number of aromatic hydroxyl groups is 1. The van der Waals surface area contributed by atoms with Gasteiger partial charge in [-0.2, -0.15) is 0 Å². The summed E-state index contributed by atoms with van der Waals surface area (Å²) in [5.74, 6) is 0.684. The van der Waals surface area contributed by atoms with E-state index in [-0.39, 0.29) is 5.75 Å². The molecular formula is C14H20O3. The van der Waals surface area contributed by atoms with Crippen molar-refractivity contribution in [2.45, 2.75) is 44.8 Å². The summed E-state index contributed by atoms with van der Waals surface area (Å²) < 4.78 is 10.9. The standard InChI is InChI=1S/C14H20O3/c1-16-14-9-11(7-8-13(14)15)10-17-12-5-3-2-4-6-12/h7-9,12,15H,2-6,10H2,1H3. The predicted molar refractivity (Wildman–Crippen MR) is 66.3 cm³/mol. The van der Waals surface area contributed by atoms with Crippen LogP contribution in [0.25, 0.3) is 0 Å². The van der Waals surface area contributed by atoms with Gasteiger partial charge in [-0.05, 0) is 30.5 Å². The van der Waals surface area contributed by atoms with Crippen molar-refractivity contribution >= 4 is 0 Å². The van der Waals surface area contributed by atoms with Crippen LogP contribution in [0.2, 0.25) is 0 Å². The quantitative estimate of drug-likeness (QED) is 0.872. The molecule has 0 aromatic heterocycles. The average molecular weight is 236 g/mol. The van der Waals surface area contributed by atoms with E-state index in [2.05, 4.69) is 0 Å². The lowest BCUT2D eigenvalue weighted by atomic mass is 9.98. The third-order valence-electron chi connectivity index (χ3n) is 3.28. The SMILES string of the molecule is COc1cc(COC2CCCCC2)ccc1O. The zero-order valence-corrected chi connectivity index (χ0v) is 10.3. The largest absolute Gasteiger partial charge is 0.504 e. The summed E-state index contributed by atoms with van der Waals surface area (Å²) in [6, 6.07) is 5.36. The van der Waals surface area contributed by atoms with E-state index in [9.17, 15) is 5.11 Å². The van der Waals surface area contributed by atoms with Crippen molar-refractivity contribution in [3.63, 3.8) is 0 Å². The van der Waals surface area contributed by atoms with Crippen molar-refractivity contribution < 1.29 is 14.6 Å². The molecule has 1 N–H and O–H groups in total. The van der Waals surface area contributed by atoms with E-state index in [1.807, 2.05) is 12.1 Å². The smallest absolute Gasteiger partial charge is 0.160 e. The molecule has 0 bridgehead atoms. The maximum Gasteiger partial charge on any atom is 0.160 e. The summed E-state index contributed by atoms with van der Waals surface area (Å²) in [5, 5.41) is 9.49. The molecule has 2 rings (SSSR count). The van der Waals surface area contributed by atoms with Crippen molar-refractivity contribution in [2.24, 2.45) is 0 Å². The monoisotopic (exact) mass is 236 g/mol. The maximum atomic E-state index is 9.49. The van der Waals surface area contributed by atoms with Crippen LogP contribution in [-0.2, 0) is 11.3 Å². The highest BCUT2D eigenvalue weighted by molar-refractivity contribution is 5.41. The van der Waals surface area contributed by atoms with E-state index < -0.39 is 0 Å². The molecule has 0 spiro atoms. The van der Waals surface area contributed by atoms with Crippen LogP contribution in [0.5, 0.6) is 11.5 Å². The first-order chi connectivity index (χ1) is 8.29. The van der Waals surface area contributed by atoms with Crippen molar-refractivity contribution in [1.82, 2.24) is 0 Å². The van der Waals surface area contributed by atoms with Gasteiger partial charge >= 0.3 is 0 Å². The Hall–Kier alpha value is -1.22. The third-order valence-corrected chi connectivity index (χ3v) is 3.28. The van der Waals surface area contributed by atoms with Gasteiger partial charge in [0, 0.05) is 0 Å². The lowest BCUT2D eigenvalue weighted by molar-refractivity contribution is 0.0168. The van der Waals surface area contributed by atoms with E-state index in [0.29, 0.717) is 18.5 Å². The predicted octanol–water partition coefficient (Wildman–Crippen LogP) is 3.25. The highest BCUT2D eigenvalue weighted by Gasteiger charge is 2.13. The summed E-state index contributed by atoms with van der Waals surface area (Å²) in [7, 11) is 1.56. The van der Waals surface area contributed by atoms with Crippen molar-refractivity contribution in [1.29, 1.82) is 0 Å². The Labute approximate surface area is 102 Å². The van der Waals surface area contributed by atoms with Crippen LogP contribution >= 0.6 is 0 Å². The van der Waals surface area contributed by atoms with Gasteiger partial charge in [0.05, 0.1) is 19.8 Å². The molecule has 3 heteroatoms. The van der Waals surface area contributed by atoms with Gasteiger partial charge in [0.1, 0.15) is 0 Å². The summed E-state index contributed by atoms with van der Waals surface area (Å²) >= 11 is 0. The van der Waals surface area contributed by atoms with E-state index in [4.69, 9.17) is 9.47 Å². The van der Waals surface area contributed by atoms with Crippen LogP contribution in [0.15, 0.2) is 18.2 Å². The Morgan fingerprint density at radius 2 is 2.00 bits per heavy atom. The second-order valence-corrected chi connectivity index (χ2v) is 4.58. The number of methoxy groups -OCH3 is 1. The molecule has 0 amide bonds. The lowest BCUT2D eigenvalue weighted by Gasteiger charge is -2.22. The molecule has 0 radical (unpaired) electrons. The Morgan fingerprint density at radius 3 is 2.71 bits per heavy atom. The molecule has 94 valence electrons. The molecule has 0 aliphatic heterocycles. The van der Waals surface area contributed by atoms with Crippen molar-refractivity contribution in [2.75, 3.05) is 7.11 Å². The molecule has 0 heterocycles. The van der Waals surface area contributed by atoms with Gasteiger partial charge in [0.2, 0.25) is 0 Å². The molecule has 1 aliphatic rings. The molecule has 0 unspecified atom stereocenters. The minimum absolute atomic E-state index is 0.175. The Balaban J connectivity index is 1.89. The third kappa shape index (κ3) is 3.37. The van der Waals surface area contributed by atoms with Gasteiger partial charge in [-0.1, -0.05) is 25.3 Å². The topological polar surface area (TPSA) is 38.7 Å². The summed E-state index contributed by atoms with van der Waals surface area (Å²) in [6.45, 7) is 0.599. The number of hydrogen-bond donors (Lipinski definition) is 1. The minimum atomic E-state index is 0.175. The normalized spacial score (nSPS) is 17.0. The van der Waals surface area contributed by atoms with E-state index in [1.165, 1.54) is 32.1 Å². The van der Waals surface area contributed by atoms with Crippen LogP contribution in [0.3, 0.4) is 0 Å². The first kappa shape index (κ1) is 12.2. The number of ether oxygens (including phenoxy) is 2. The summed E-state index contributed by atoms with van der Waals surface area (Å²) in [4.78, 5) is 0. The van der Waals surface area contributed by atoms with Gasteiger partial charge in [-0.3, -0.25) is 0 Å². The van der Waals surface area contributed by atoms with Gasteiger partial charge in [0.25, 0.3) is 0 Å². The number of phenolic OH excluding ortho intramolecular Hbond substituents is 1. The Kier molecular flexibility index (Phi) is 4.26. The number of rotatable bonds is 4. The summed E-state index contributed by atoms with van der Waals surface area (Å²) in [6.07, 6.45) is 6.66. The first-order valence-corrected chi connectivity index (χ1v) is 6.27.